The van der Waals surface area contributed by atoms with Gasteiger partial charge in [-0.3, -0.25) is 4.98 Å². The Kier molecular flexibility index (Phi) is 2.02. The van der Waals surface area contributed by atoms with Crippen molar-refractivity contribution >= 4 is 0 Å². The zero-order valence-corrected chi connectivity index (χ0v) is 8.57. The van der Waals surface area contributed by atoms with E-state index in [2.05, 4.69) is 4.98 Å². The van der Waals surface area contributed by atoms with Crippen molar-refractivity contribution in [2.45, 2.75) is 25.3 Å². The summed E-state index contributed by atoms with van der Waals surface area (Å²) in [4.78, 5) is 3.85. The van der Waals surface area contributed by atoms with Crippen molar-refractivity contribution in [1.82, 2.24) is 4.98 Å². The van der Waals surface area contributed by atoms with Crippen molar-refractivity contribution in [2.75, 3.05) is 0 Å². The zero-order chi connectivity index (χ0) is 10.4. The Balaban J connectivity index is 1.76. The van der Waals surface area contributed by atoms with Crippen LogP contribution in [0, 0.1) is 23.6 Å². The SMILES string of the molecule is NC(c1cncc(F)c1)C1CC2CC2C1. The molecule has 3 rings (SSSR count). The Bertz CT molecular complexity index is 370. The van der Waals surface area contributed by atoms with Crippen LogP contribution in [0.15, 0.2) is 18.5 Å². The lowest BCUT2D eigenvalue weighted by molar-refractivity contribution is 0.402. The van der Waals surface area contributed by atoms with Gasteiger partial charge >= 0.3 is 0 Å². The van der Waals surface area contributed by atoms with E-state index in [-0.39, 0.29) is 11.9 Å². The van der Waals surface area contributed by atoms with Crippen LogP contribution >= 0.6 is 0 Å². The van der Waals surface area contributed by atoms with Crippen LogP contribution in [0.2, 0.25) is 0 Å². The summed E-state index contributed by atoms with van der Waals surface area (Å²) in [7, 11) is 0. The van der Waals surface area contributed by atoms with Crippen LogP contribution in [0.1, 0.15) is 30.9 Å². The van der Waals surface area contributed by atoms with Crippen LogP contribution in [-0.4, -0.2) is 4.98 Å². The van der Waals surface area contributed by atoms with E-state index < -0.39 is 0 Å². The van der Waals surface area contributed by atoms with Gasteiger partial charge < -0.3 is 5.73 Å². The Morgan fingerprint density at radius 1 is 1.27 bits per heavy atom. The molecule has 3 unspecified atom stereocenters. The third-order valence-electron chi connectivity index (χ3n) is 3.90. The highest BCUT2D eigenvalue weighted by atomic mass is 19.1. The fourth-order valence-electron chi connectivity index (χ4n) is 2.94. The molecule has 3 heteroatoms. The van der Waals surface area contributed by atoms with Crippen LogP contribution in [0.3, 0.4) is 0 Å². The topological polar surface area (TPSA) is 38.9 Å². The molecule has 2 fully saturated rings. The van der Waals surface area contributed by atoms with E-state index in [0.29, 0.717) is 5.92 Å². The van der Waals surface area contributed by atoms with Gasteiger partial charge in [0.1, 0.15) is 5.82 Å². The van der Waals surface area contributed by atoms with Gasteiger partial charge in [0.25, 0.3) is 0 Å². The summed E-state index contributed by atoms with van der Waals surface area (Å²) >= 11 is 0. The van der Waals surface area contributed by atoms with Crippen LogP contribution in [0.4, 0.5) is 4.39 Å². The molecule has 2 saturated carbocycles. The molecule has 2 nitrogen and oxygen atoms in total. The first-order chi connectivity index (χ1) is 7.24. The average molecular weight is 206 g/mol. The summed E-state index contributed by atoms with van der Waals surface area (Å²) in [5.74, 6) is 2.09. The molecule has 15 heavy (non-hydrogen) atoms. The summed E-state index contributed by atoms with van der Waals surface area (Å²) < 4.78 is 13.0. The molecular formula is C12H15FN2. The Hall–Kier alpha value is -0.960. The zero-order valence-electron chi connectivity index (χ0n) is 8.57. The van der Waals surface area contributed by atoms with Gasteiger partial charge in [0.05, 0.1) is 6.20 Å². The van der Waals surface area contributed by atoms with Crippen molar-refractivity contribution in [3.63, 3.8) is 0 Å². The maximum absolute atomic E-state index is 13.0. The number of nitrogens with zero attached hydrogens (tertiary/aromatic N) is 1. The van der Waals surface area contributed by atoms with E-state index >= 15 is 0 Å². The fourth-order valence-corrected chi connectivity index (χ4v) is 2.94. The van der Waals surface area contributed by atoms with Gasteiger partial charge in [-0.2, -0.15) is 0 Å². The van der Waals surface area contributed by atoms with E-state index in [1.807, 2.05) is 0 Å². The van der Waals surface area contributed by atoms with Crippen LogP contribution in [0.25, 0.3) is 0 Å². The highest BCUT2D eigenvalue weighted by Crippen LogP contribution is 2.56. The molecule has 0 aromatic carbocycles. The quantitative estimate of drug-likeness (QED) is 0.806. The molecule has 2 aliphatic rings. The predicted molar refractivity (Wildman–Crippen MR) is 55.4 cm³/mol. The second-order valence-electron chi connectivity index (χ2n) is 4.95. The molecule has 0 saturated heterocycles. The predicted octanol–water partition coefficient (Wildman–Crippen LogP) is 2.27. The first-order valence-electron chi connectivity index (χ1n) is 5.60. The number of hydrogen-bond acceptors (Lipinski definition) is 2. The maximum Gasteiger partial charge on any atom is 0.141 e. The molecule has 1 heterocycles. The van der Waals surface area contributed by atoms with Crippen molar-refractivity contribution in [2.24, 2.45) is 23.5 Å². The Labute approximate surface area is 88.7 Å². The minimum atomic E-state index is -0.286. The van der Waals surface area contributed by atoms with Crippen LogP contribution < -0.4 is 5.73 Å². The van der Waals surface area contributed by atoms with E-state index in [0.717, 1.165) is 17.4 Å². The third-order valence-corrected chi connectivity index (χ3v) is 3.90. The molecule has 0 aliphatic heterocycles. The number of fused-ring (bicyclic) bond motifs is 1. The fraction of sp³-hybridized carbons (Fsp3) is 0.583. The lowest BCUT2D eigenvalue weighted by Crippen LogP contribution is -2.20. The normalized spacial score (nSPS) is 34.9. The molecule has 0 bridgehead atoms. The number of aromatic nitrogens is 1. The van der Waals surface area contributed by atoms with E-state index in [1.165, 1.54) is 31.5 Å². The van der Waals surface area contributed by atoms with E-state index in [4.69, 9.17) is 5.73 Å². The number of halogens is 1. The van der Waals surface area contributed by atoms with Crippen molar-refractivity contribution in [1.29, 1.82) is 0 Å². The number of hydrogen-bond donors (Lipinski definition) is 1. The summed E-state index contributed by atoms with van der Waals surface area (Å²) in [5, 5.41) is 0. The summed E-state index contributed by atoms with van der Waals surface area (Å²) in [5.41, 5.74) is 6.99. The number of rotatable bonds is 2. The highest BCUT2D eigenvalue weighted by Gasteiger charge is 2.47. The largest absolute Gasteiger partial charge is 0.324 e. The monoisotopic (exact) mass is 206 g/mol. The van der Waals surface area contributed by atoms with E-state index in [9.17, 15) is 4.39 Å². The number of pyridine rings is 1. The molecule has 0 radical (unpaired) electrons. The van der Waals surface area contributed by atoms with Crippen molar-refractivity contribution in [3.05, 3.63) is 29.8 Å². The number of nitrogens with two attached hydrogens (primary N) is 1. The summed E-state index contributed by atoms with van der Waals surface area (Å²) in [6.45, 7) is 0. The molecule has 1 aromatic rings. The van der Waals surface area contributed by atoms with Gasteiger partial charge in [-0.25, -0.2) is 4.39 Å². The van der Waals surface area contributed by atoms with Gasteiger partial charge in [0.2, 0.25) is 0 Å². The standard InChI is InChI=1S/C12H15FN2/c13-11-4-10(5-15-6-11)12(14)9-2-7-1-8(7)3-9/h4-9,12H,1-3,14H2. The maximum atomic E-state index is 13.0. The second-order valence-corrected chi connectivity index (χ2v) is 4.95. The lowest BCUT2D eigenvalue weighted by atomic mass is 9.91. The van der Waals surface area contributed by atoms with Gasteiger partial charge in [-0.1, -0.05) is 0 Å². The molecule has 80 valence electrons. The molecule has 0 amide bonds. The first kappa shape index (κ1) is 9.28. The van der Waals surface area contributed by atoms with E-state index in [1.54, 1.807) is 6.20 Å². The molecule has 1 aromatic heterocycles. The first-order valence-corrected chi connectivity index (χ1v) is 5.60. The molecule has 0 spiro atoms. The van der Waals surface area contributed by atoms with Gasteiger partial charge in [0.15, 0.2) is 0 Å². The second kappa shape index (κ2) is 3.27. The molecular weight excluding hydrogens is 191 g/mol. The van der Waals surface area contributed by atoms with Crippen LogP contribution in [-0.2, 0) is 0 Å². The molecule has 3 atom stereocenters. The third kappa shape index (κ3) is 1.65. The minimum absolute atomic E-state index is 0.0269. The summed E-state index contributed by atoms with van der Waals surface area (Å²) in [6, 6.07) is 1.49. The average Bonchev–Trinajstić information content (AvgIpc) is 2.85. The highest BCUT2D eigenvalue weighted by molar-refractivity contribution is 5.17. The van der Waals surface area contributed by atoms with Crippen LogP contribution in [0.5, 0.6) is 0 Å². The van der Waals surface area contributed by atoms with Crippen molar-refractivity contribution < 1.29 is 4.39 Å². The smallest absolute Gasteiger partial charge is 0.141 e. The Morgan fingerprint density at radius 3 is 2.67 bits per heavy atom. The molecule has 2 aliphatic carbocycles. The molecule has 2 N–H and O–H groups in total. The van der Waals surface area contributed by atoms with Gasteiger partial charge in [-0.05, 0) is 48.6 Å². The van der Waals surface area contributed by atoms with Gasteiger partial charge in [-0.15, -0.1) is 0 Å². The Morgan fingerprint density at radius 2 is 2.00 bits per heavy atom. The lowest BCUT2D eigenvalue weighted by Gasteiger charge is -2.20. The van der Waals surface area contributed by atoms with Gasteiger partial charge in [0, 0.05) is 12.2 Å². The summed E-state index contributed by atoms with van der Waals surface area (Å²) in [6.07, 6.45) is 6.76. The van der Waals surface area contributed by atoms with Crippen molar-refractivity contribution in [3.8, 4) is 0 Å². The minimum Gasteiger partial charge on any atom is -0.324 e.